The second kappa shape index (κ2) is 9.33. The normalized spacial score (nSPS) is 10.6. The van der Waals surface area contributed by atoms with Gasteiger partial charge in [-0.05, 0) is 30.2 Å². The van der Waals surface area contributed by atoms with E-state index >= 15 is 0 Å². The molecule has 1 N–H and O–H groups in total. The van der Waals surface area contributed by atoms with Gasteiger partial charge < -0.3 is 4.90 Å². The largest absolute Gasteiger partial charge is 0.324 e. The Morgan fingerprint density at radius 2 is 1.80 bits per heavy atom. The van der Waals surface area contributed by atoms with Crippen LogP contribution in [-0.4, -0.2) is 20.9 Å². The van der Waals surface area contributed by atoms with Crippen molar-refractivity contribution in [3.63, 3.8) is 0 Å². The van der Waals surface area contributed by atoms with Crippen molar-refractivity contribution in [1.82, 2.24) is 14.9 Å². The van der Waals surface area contributed by atoms with E-state index in [2.05, 4.69) is 21.4 Å². The van der Waals surface area contributed by atoms with Gasteiger partial charge >= 0.3 is 6.03 Å². The van der Waals surface area contributed by atoms with Crippen molar-refractivity contribution in [3.05, 3.63) is 102 Å². The Balaban J connectivity index is 1.52. The number of rotatable bonds is 6. The molecule has 2 aromatic carbocycles. The minimum absolute atomic E-state index is 0.198. The highest BCUT2D eigenvalue weighted by Crippen LogP contribution is 2.29. The predicted molar refractivity (Wildman–Crippen MR) is 121 cm³/mol. The number of urea groups is 1. The van der Waals surface area contributed by atoms with E-state index in [0.717, 1.165) is 27.3 Å². The van der Waals surface area contributed by atoms with Gasteiger partial charge in [-0.1, -0.05) is 77.6 Å². The summed E-state index contributed by atoms with van der Waals surface area (Å²) in [6.45, 7) is 2.95. The van der Waals surface area contributed by atoms with E-state index in [1.165, 1.54) is 11.3 Å². The maximum absolute atomic E-state index is 13.1. The zero-order chi connectivity index (χ0) is 20.8. The number of thiazole rings is 1. The summed E-state index contributed by atoms with van der Waals surface area (Å²) in [5.41, 5.74) is 4.16. The summed E-state index contributed by atoms with van der Waals surface area (Å²) >= 11 is 1.46. The van der Waals surface area contributed by atoms with Crippen molar-refractivity contribution in [2.24, 2.45) is 0 Å². The van der Waals surface area contributed by atoms with Crippen LogP contribution in [-0.2, 0) is 13.1 Å². The number of aromatic nitrogens is 2. The lowest BCUT2D eigenvalue weighted by molar-refractivity contribution is 0.205. The Kier molecular flexibility index (Phi) is 6.15. The molecule has 0 aliphatic heterocycles. The number of pyridine rings is 1. The van der Waals surface area contributed by atoms with Gasteiger partial charge in [0, 0.05) is 18.9 Å². The second-order valence-electron chi connectivity index (χ2n) is 6.99. The summed E-state index contributed by atoms with van der Waals surface area (Å²) in [5.74, 6) is 0. The fraction of sp³-hybridized carbons (Fsp3) is 0.125. The van der Waals surface area contributed by atoms with Crippen LogP contribution in [0.25, 0.3) is 10.4 Å². The van der Waals surface area contributed by atoms with Gasteiger partial charge in [-0.3, -0.25) is 10.3 Å². The average molecular weight is 415 g/mol. The molecule has 30 heavy (non-hydrogen) atoms. The number of hydrogen-bond donors (Lipinski definition) is 1. The molecule has 0 spiro atoms. The number of amides is 2. The molecule has 0 radical (unpaired) electrons. The summed E-state index contributed by atoms with van der Waals surface area (Å²) < 4.78 is 0. The Labute approximate surface area is 180 Å². The van der Waals surface area contributed by atoms with E-state index in [0.29, 0.717) is 18.2 Å². The SMILES string of the molecule is Cc1cccc(CN(Cc2ccccn2)C(=O)Nc2ncc(-c3ccccc3)s2)c1. The topological polar surface area (TPSA) is 58.1 Å². The summed E-state index contributed by atoms with van der Waals surface area (Å²) in [7, 11) is 0. The Hall–Kier alpha value is -3.51. The monoisotopic (exact) mass is 414 g/mol. The van der Waals surface area contributed by atoms with Gasteiger partial charge in [0.05, 0.1) is 17.1 Å². The molecule has 0 aliphatic carbocycles. The molecule has 4 rings (SSSR count). The molecule has 0 fully saturated rings. The number of nitrogens with zero attached hydrogens (tertiary/aromatic N) is 3. The van der Waals surface area contributed by atoms with Gasteiger partial charge in [-0.15, -0.1) is 0 Å². The number of aryl methyl sites for hydroxylation is 1. The third-order valence-electron chi connectivity index (χ3n) is 4.60. The smallest absolute Gasteiger partial charge is 0.314 e. The highest BCUT2D eigenvalue weighted by Gasteiger charge is 2.17. The first-order chi connectivity index (χ1) is 14.7. The van der Waals surface area contributed by atoms with Crippen molar-refractivity contribution in [3.8, 4) is 10.4 Å². The van der Waals surface area contributed by atoms with Gasteiger partial charge in [0.25, 0.3) is 0 Å². The minimum Gasteiger partial charge on any atom is -0.314 e. The molecule has 0 saturated carbocycles. The number of carbonyl (C=O) groups is 1. The molecular formula is C24H22N4OS. The van der Waals surface area contributed by atoms with E-state index in [9.17, 15) is 4.79 Å². The van der Waals surface area contributed by atoms with E-state index in [-0.39, 0.29) is 6.03 Å². The maximum Gasteiger partial charge on any atom is 0.324 e. The van der Waals surface area contributed by atoms with E-state index in [4.69, 9.17) is 0 Å². The first kappa shape index (κ1) is 19.8. The first-order valence-electron chi connectivity index (χ1n) is 9.70. The van der Waals surface area contributed by atoms with E-state index in [1.807, 2.05) is 73.7 Å². The molecule has 0 bridgehead atoms. The number of anilines is 1. The van der Waals surface area contributed by atoms with Crippen LogP contribution in [0.3, 0.4) is 0 Å². The molecule has 0 atom stereocenters. The number of hydrogen-bond acceptors (Lipinski definition) is 4. The van der Waals surface area contributed by atoms with Crippen molar-refractivity contribution in [2.75, 3.05) is 5.32 Å². The first-order valence-corrected chi connectivity index (χ1v) is 10.5. The quantitative estimate of drug-likeness (QED) is 0.437. The van der Waals surface area contributed by atoms with Crippen LogP contribution >= 0.6 is 11.3 Å². The number of carbonyl (C=O) groups excluding carboxylic acids is 1. The summed E-state index contributed by atoms with van der Waals surface area (Å²) in [6, 6.07) is 23.7. The van der Waals surface area contributed by atoms with E-state index < -0.39 is 0 Å². The number of benzene rings is 2. The van der Waals surface area contributed by atoms with Crippen molar-refractivity contribution in [2.45, 2.75) is 20.0 Å². The third kappa shape index (κ3) is 5.10. The number of nitrogens with one attached hydrogen (secondary N) is 1. The lowest BCUT2D eigenvalue weighted by atomic mass is 10.1. The van der Waals surface area contributed by atoms with Gasteiger partial charge in [0.1, 0.15) is 0 Å². The van der Waals surface area contributed by atoms with Crippen LogP contribution < -0.4 is 5.32 Å². The van der Waals surface area contributed by atoms with Gasteiger partial charge in [0.15, 0.2) is 5.13 Å². The molecule has 0 unspecified atom stereocenters. The maximum atomic E-state index is 13.1. The highest BCUT2D eigenvalue weighted by molar-refractivity contribution is 7.19. The molecule has 6 heteroatoms. The van der Waals surface area contributed by atoms with Crippen LogP contribution in [0.2, 0.25) is 0 Å². The Morgan fingerprint density at radius 3 is 2.57 bits per heavy atom. The molecular weight excluding hydrogens is 392 g/mol. The van der Waals surface area contributed by atoms with Crippen molar-refractivity contribution in [1.29, 1.82) is 0 Å². The standard InChI is InChI=1S/C24H22N4OS/c1-18-8-7-9-19(14-18)16-28(17-21-12-5-6-13-25-21)24(29)27-23-26-15-22(30-23)20-10-3-2-4-11-20/h2-15H,16-17H2,1H3,(H,26,27,29). The summed E-state index contributed by atoms with van der Waals surface area (Å²) in [4.78, 5) is 24.6. The zero-order valence-electron chi connectivity index (χ0n) is 16.7. The molecule has 2 heterocycles. The lowest BCUT2D eigenvalue weighted by Crippen LogP contribution is -2.34. The van der Waals surface area contributed by atoms with Crippen molar-refractivity contribution >= 4 is 22.5 Å². The second-order valence-corrected chi connectivity index (χ2v) is 8.02. The molecule has 0 aliphatic rings. The molecule has 150 valence electrons. The summed E-state index contributed by atoms with van der Waals surface area (Å²) in [6.07, 6.45) is 3.53. The minimum atomic E-state index is -0.198. The molecule has 2 aromatic heterocycles. The van der Waals surface area contributed by atoms with Gasteiger partial charge in [-0.25, -0.2) is 9.78 Å². The highest BCUT2D eigenvalue weighted by atomic mass is 32.1. The van der Waals surface area contributed by atoms with Crippen LogP contribution in [0.1, 0.15) is 16.8 Å². The van der Waals surface area contributed by atoms with Crippen molar-refractivity contribution < 1.29 is 4.79 Å². The Morgan fingerprint density at radius 1 is 0.967 bits per heavy atom. The van der Waals surface area contributed by atoms with Gasteiger partial charge in [0.2, 0.25) is 0 Å². The predicted octanol–water partition coefficient (Wildman–Crippen LogP) is 5.75. The molecule has 5 nitrogen and oxygen atoms in total. The molecule has 4 aromatic rings. The third-order valence-corrected chi connectivity index (χ3v) is 5.56. The fourth-order valence-electron chi connectivity index (χ4n) is 3.16. The molecule has 0 saturated heterocycles. The molecule has 2 amide bonds. The lowest BCUT2D eigenvalue weighted by Gasteiger charge is -2.22. The average Bonchev–Trinajstić information content (AvgIpc) is 3.23. The van der Waals surface area contributed by atoms with E-state index in [1.54, 1.807) is 17.3 Å². The Bertz CT molecular complexity index is 1110. The summed E-state index contributed by atoms with van der Waals surface area (Å²) in [5, 5.41) is 3.53. The van der Waals surface area contributed by atoms with Gasteiger partial charge in [-0.2, -0.15) is 0 Å². The fourth-order valence-corrected chi connectivity index (χ4v) is 3.97. The van der Waals surface area contributed by atoms with Crippen LogP contribution in [0.4, 0.5) is 9.93 Å². The van der Waals surface area contributed by atoms with Crippen LogP contribution in [0.15, 0.2) is 85.2 Å². The van der Waals surface area contributed by atoms with Crippen LogP contribution in [0, 0.1) is 6.92 Å². The van der Waals surface area contributed by atoms with Crippen LogP contribution in [0.5, 0.6) is 0 Å². The zero-order valence-corrected chi connectivity index (χ0v) is 17.5.